The molecule has 0 saturated carbocycles. The van der Waals surface area contributed by atoms with Crippen LogP contribution in [0.1, 0.15) is 51.9 Å². The maximum atomic E-state index is 12.0. The van der Waals surface area contributed by atoms with Gasteiger partial charge in [0.2, 0.25) is 5.75 Å². The van der Waals surface area contributed by atoms with Gasteiger partial charge in [0.25, 0.3) is 0 Å². The summed E-state index contributed by atoms with van der Waals surface area (Å²) < 4.78 is 16.2. The van der Waals surface area contributed by atoms with Gasteiger partial charge in [-0.2, -0.15) is 0 Å². The Kier molecular flexibility index (Phi) is 7.98. The number of aliphatic carboxylic acids is 1. The van der Waals surface area contributed by atoms with Gasteiger partial charge in [0.15, 0.2) is 5.75 Å². The van der Waals surface area contributed by atoms with E-state index < -0.39 is 11.6 Å². The summed E-state index contributed by atoms with van der Waals surface area (Å²) in [6, 6.07) is 4.76. The minimum atomic E-state index is -0.831. The van der Waals surface area contributed by atoms with Gasteiger partial charge in [0.05, 0.1) is 18.6 Å². The molecular weight excluding hydrogens is 352 g/mol. The van der Waals surface area contributed by atoms with Gasteiger partial charge in [-0.05, 0) is 37.5 Å². The van der Waals surface area contributed by atoms with Crippen LogP contribution < -0.4 is 15.1 Å². The molecule has 0 atom stereocenters. The summed E-state index contributed by atoms with van der Waals surface area (Å²) in [5.74, 6) is -0.774. The number of hydrogen-bond acceptors (Lipinski definition) is 6. The normalized spacial score (nSPS) is 10.9. The Labute approximate surface area is 157 Å². The number of ether oxygens (including phenoxy) is 2. The number of carbonyl (C=O) groups is 1. The van der Waals surface area contributed by atoms with Crippen molar-refractivity contribution in [2.24, 2.45) is 0 Å². The smallest absolute Gasteiger partial charge is 0.383 e. The molecule has 0 aliphatic rings. The number of hydrogen-bond donors (Lipinski definition) is 2. The molecule has 0 amide bonds. The second-order valence-corrected chi connectivity index (χ2v) is 6.33. The molecule has 27 heavy (non-hydrogen) atoms. The van der Waals surface area contributed by atoms with Crippen molar-refractivity contribution < 1.29 is 28.9 Å². The first-order valence-corrected chi connectivity index (χ1v) is 9.30. The highest BCUT2D eigenvalue weighted by Gasteiger charge is 2.16. The van der Waals surface area contributed by atoms with E-state index in [-0.39, 0.29) is 23.5 Å². The second-order valence-electron chi connectivity index (χ2n) is 6.33. The van der Waals surface area contributed by atoms with Crippen LogP contribution in [0.5, 0.6) is 17.2 Å². The Morgan fingerprint density at radius 1 is 1.07 bits per heavy atom. The molecule has 2 N–H and O–H groups in total. The quantitative estimate of drug-likeness (QED) is 0.423. The van der Waals surface area contributed by atoms with E-state index in [1.165, 1.54) is 0 Å². The number of unbranched alkanes of at least 4 members (excludes halogenated alkanes) is 4. The highest BCUT2D eigenvalue weighted by molar-refractivity contribution is 5.86. The van der Waals surface area contributed by atoms with E-state index in [9.17, 15) is 14.7 Å². The second kappa shape index (κ2) is 10.4. The van der Waals surface area contributed by atoms with Crippen molar-refractivity contribution in [3.8, 4) is 17.2 Å². The number of fused-ring (bicyclic) bond motifs is 1. The van der Waals surface area contributed by atoms with Gasteiger partial charge in [-0.15, -0.1) is 0 Å². The van der Waals surface area contributed by atoms with Crippen LogP contribution in [0.25, 0.3) is 11.0 Å². The van der Waals surface area contributed by atoms with Gasteiger partial charge in [-0.3, -0.25) is 4.79 Å². The van der Waals surface area contributed by atoms with Crippen LogP contribution in [0.15, 0.2) is 27.4 Å². The van der Waals surface area contributed by atoms with E-state index in [2.05, 4.69) is 6.92 Å². The molecule has 0 radical (unpaired) electrons. The minimum absolute atomic E-state index is 0.103. The summed E-state index contributed by atoms with van der Waals surface area (Å²) >= 11 is 0. The maximum Gasteiger partial charge on any atom is 0.383 e. The highest BCUT2D eigenvalue weighted by atomic mass is 16.5. The lowest BCUT2D eigenvalue weighted by Crippen LogP contribution is -2.08. The first-order chi connectivity index (χ1) is 13.0. The first kappa shape index (κ1) is 20.6. The Balaban J connectivity index is 2.04. The lowest BCUT2D eigenvalue weighted by molar-refractivity contribution is -0.137. The third kappa shape index (κ3) is 6.20. The SMILES string of the molecule is CCCCCCOc1c(O)c2cc(OCCCCC(=O)O)ccc2oc1=O. The van der Waals surface area contributed by atoms with Crippen molar-refractivity contribution in [2.45, 2.75) is 51.9 Å². The lowest BCUT2D eigenvalue weighted by atomic mass is 10.2. The van der Waals surface area contributed by atoms with Crippen LogP contribution in [-0.4, -0.2) is 29.4 Å². The minimum Gasteiger partial charge on any atom is -0.504 e. The van der Waals surface area contributed by atoms with Gasteiger partial charge in [0.1, 0.15) is 11.3 Å². The average molecular weight is 378 g/mol. The molecule has 1 aromatic heterocycles. The zero-order valence-electron chi connectivity index (χ0n) is 15.5. The molecule has 7 heteroatoms. The zero-order valence-corrected chi connectivity index (χ0v) is 15.5. The average Bonchev–Trinajstić information content (AvgIpc) is 2.63. The van der Waals surface area contributed by atoms with Crippen molar-refractivity contribution in [2.75, 3.05) is 13.2 Å². The number of benzene rings is 1. The number of aromatic hydroxyl groups is 1. The van der Waals surface area contributed by atoms with Crippen LogP contribution in [-0.2, 0) is 4.79 Å². The van der Waals surface area contributed by atoms with Gasteiger partial charge >= 0.3 is 11.6 Å². The fourth-order valence-electron chi connectivity index (χ4n) is 2.64. The highest BCUT2D eigenvalue weighted by Crippen LogP contribution is 2.33. The summed E-state index contributed by atoms with van der Waals surface area (Å²) in [5.41, 5.74) is -0.466. The number of rotatable bonds is 12. The van der Waals surface area contributed by atoms with Crippen LogP contribution >= 0.6 is 0 Å². The molecule has 7 nitrogen and oxygen atoms in total. The van der Waals surface area contributed by atoms with Crippen LogP contribution in [0.4, 0.5) is 0 Å². The zero-order chi connectivity index (χ0) is 19.6. The van der Waals surface area contributed by atoms with Crippen LogP contribution in [0.2, 0.25) is 0 Å². The molecule has 1 aromatic carbocycles. The van der Waals surface area contributed by atoms with E-state index in [1.54, 1.807) is 18.2 Å². The van der Waals surface area contributed by atoms with E-state index in [0.717, 1.165) is 25.7 Å². The molecule has 1 heterocycles. The van der Waals surface area contributed by atoms with E-state index in [4.69, 9.17) is 19.0 Å². The standard InChI is InChI=1S/C20H26O7/c1-2-3-4-6-12-26-19-18(23)15-13-14(9-10-16(15)27-20(19)24)25-11-7-5-8-17(21)22/h9-10,13,23H,2-8,11-12H2,1H3,(H,21,22). The van der Waals surface area contributed by atoms with Crippen molar-refractivity contribution in [1.29, 1.82) is 0 Å². The lowest BCUT2D eigenvalue weighted by Gasteiger charge is -2.10. The molecule has 0 bridgehead atoms. The first-order valence-electron chi connectivity index (χ1n) is 9.30. The molecule has 2 rings (SSSR count). The summed E-state index contributed by atoms with van der Waals surface area (Å²) in [4.78, 5) is 22.5. The molecule has 0 spiro atoms. The Bertz CT molecular complexity index is 810. The molecule has 0 saturated heterocycles. The molecule has 2 aromatic rings. The molecule has 0 fully saturated rings. The van der Waals surface area contributed by atoms with E-state index >= 15 is 0 Å². The maximum absolute atomic E-state index is 12.0. The number of carboxylic acids is 1. The Morgan fingerprint density at radius 2 is 1.81 bits per heavy atom. The van der Waals surface area contributed by atoms with Gasteiger partial charge in [0, 0.05) is 6.42 Å². The van der Waals surface area contributed by atoms with Crippen molar-refractivity contribution in [3.63, 3.8) is 0 Å². The Morgan fingerprint density at radius 3 is 2.56 bits per heavy atom. The van der Waals surface area contributed by atoms with E-state index in [0.29, 0.717) is 37.2 Å². The van der Waals surface area contributed by atoms with Gasteiger partial charge in [-0.25, -0.2) is 4.79 Å². The summed E-state index contributed by atoms with van der Waals surface area (Å²) in [7, 11) is 0. The number of carboxylic acid groups (broad SMARTS) is 1. The van der Waals surface area contributed by atoms with Crippen molar-refractivity contribution in [1.82, 2.24) is 0 Å². The topological polar surface area (TPSA) is 106 Å². The van der Waals surface area contributed by atoms with Crippen molar-refractivity contribution in [3.05, 3.63) is 28.6 Å². The Hall–Kier alpha value is -2.70. The molecular formula is C20H26O7. The molecule has 0 aliphatic carbocycles. The molecule has 0 unspecified atom stereocenters. The summed E-state index contributed by atoms with van der Waals surface area (Å²) in [6.45, 7) is 2.80. The predicted molar refractivity (Wildman–Crippen MR) is 101 cm³/mol. The van der Waals surface area contributed by atoms with Crippen molar-refractivity contribution >= 4 is 16.9 Å². The predicted octanol–water partition coefficient (Wildman–Crippen LogP) is 4.09. The summed E-state index contributed by atoms with van der Waals surface area (Å²) in [5, 5.41) is 19.4. The summed E-state index contributed by atoms with van der Waals surface area (Å²) in [6.07, 6.45) is 5.22. The van der Waals surface area contributed by atoms with Gasteiger partial charge in [-0.1, -0.05) is 26.2 Å². The third-order valence-corrected chi connectivity index (χ3v) is 4.11. The van der Waals surface area contributed by atoms with Crippen LogP contribution in [0.3, 0.4) is 0 Å². The molecule has 148 valence electrons. The fourth-order valence-corrected chi connectivity index (χ4v) is 2.64. The molecule has 0 aliphatic heterocycles. The van der Waals surface area contributed by atoms with Gasteiger partial charge < -0.3 is 24.1 Å². The fraction of sp³-hybridized carbons (Fsp3) is 0.500. The largest absolute Gasteiger partial charge is 0.504 e. The van der Waals surface area contributed by atoms with E-state index in [1.807, 2.05) is 0 Å². The third-order valence-electron chi connectivity index (χ3n) is 4.11. The van der Waals surface area contributed by atoms with Crippen LogP contribution in [0, 0.1) is 0 Å². The monoisotopic (exact) mass is 378 g/mol.